The van der Waals surface area contributed by atoms with Crippen molar-refractivity contribution in [2.45, 2.75) is 58.0 Å². The van der Waals surface area contributed by atoms with Crippen LogP contribution < -0.4 is 14.8 Å². The van der Waals surface area contributed by atoms with Gasteiger partial charge in [-0.2, -0.15) is 9.78 Å². The first-order valence-electron chi connectivity index (χ1n) is 11.5. The molecule has 0 aliphatic carbocycles. The lowest BCUT2D eigenvalue weighted by Crippen LogP contribution is -2.32. The summed E-state index contributed by atoms with van der Waals surface area (Å²) in [6.07, 6.45) is 0.481. The Labute approximate surface area is 213 Å². The van der Waals surface area contributed by atoms with Crippen LogP contribution in [-0.4, -0.2) is 41.1 Å². The number of carbonyl (C=O) groups is 1. The molecule has 3 rings (SSSR count). The predicted molar refractivity (Wildman–Crippen MR) is 134 cm³/mol. The van der Waals surface area contributed by atoms with E-state index in [1.807, 2.05) is 0 Å². The molecule has 0 aliphatic heterocycles. The van der Waals surface area contributed by atoms with Gasteiger partial charge in [-0.1, -0.05) is 6.92 Å². The molecule has 11 nitrogen and oxygen atoms in total. The first-order chi connectivity index (χ1) is 17.3. The zero-order valence-electron chi connectivity index (χ0n) is 21.0. The second kappa shape index (κ2) is 11.0. The van der Waals surface area contributed by atoms with E-state index in [2.05, 4.69) is 15.1 Å². The minimum absolute atomic E-state index is 0.0112. The second-order valence-corrected chi connectivity index (χ2v) is 10.4. The Kier molecular flexibility index (Phi) is 8.28. The molecule has 1 aromatic heterocycles. The molecule has 0 bridgehead atoms. The van der Waals surface area contributed by atoms with E-state index in [0.717, 1.165) is 12.1 Å². The number of hydrogen-bond donors (Lipinski definition) is 2. The number of non-ortho nitro benzene ring substituents is 1. The van der Waals surface area contributed by atoms with Crippen molar-refractivity contribution in [1.29, 1.82) is 0 Å². The maximum atomic E-state index is 13.6. The SMILES string of the molecule is CCC(C)NS(=O)(=O)c1cc([N+](=O)[O-])ccc1Oc1c(C)c(C(=O)NC(C)C)nn1-c1ccc(F)cc1. The van der Waals surface area contributed by atoms with Gasteiger partial charge in [-0.25, -0.2) is 17.5 Å². The zero-order chi connectivity index (χ0) is 27.5. The molecule has 1 heterocycles. The van der Waals surface area contributed by atoms with Crippen molar-refractivity contribution in [3.63, 3.8) is 0 Å². The third kappa shape index (κ3) is 6.30. The number of sulfonamides is 1. The van der Waals surface area contributed by atoms with Gasteiger partial charge < -0.3 is 10.1 Å². The summed E-state index contributed by atoms with van der Waals surface area (Å²) in [5.41, 5.74) is 0.181. The van der Waals surface area contributed by atoms with E-state index in [0.29, 0.717) is 12.1 Å². The summed E-state index contributed by atoms with van der Waals surface area (Å²) in [4.78, 5) is 23.0. The Hall–Kier alpha value is -3.84. The average Bonchev–Trinajstić information content (AvgIpc) is 3.14. The monoisotopic (exact) mass is 533 g/mol. The third-order valence-corrected chi connectivity index (χ3v) is 6.99. The highest BCUT2D eigenvalue weighted by atomic mass is 32.2. The van der Waals surface area contributed by atoms with E-state index in [9.17, 15) is 27.7 Å². The van der Waals surface area contributed by atoms with Gasteiger partial charge in [0.2, 0.25) is 15.9 Å². The number of nitrogens with one attached hydrogen (secondary N) is 2. The van der Waals surface area contributed by atoms with Gasteiger partial charge >= 0.3 is 0 Å². The van der Waals surface area contributed by atoms with Crippen molar-refractivity contribution in [3.8, 4) is 17.3 Å². The van der Waals surface area contributed by atoms with Crippen LogP contribution in [0.25, 0.3) is 5.69 Å². The summed E-state index contributed by atoms with van der Waals surface area (Å²) < 4.78 is 49.6. The topological polar surface area (TPSA) is 145 Å². The largest absolute Gasteiger partial charge is 0.437 e. The number of ether oxygens (including phenoxy) is 1. The average molecular weight is 534 g/mol. The van der Waals surface area contributed by atoms with E-state index >= 15 is 0 Å². The van der Waals surface area contributed by atoms with E-state index in [1.165, 1.54) is 35.0 Å². The molecule has 37 heavy (non-hydrogen) atoms. The van der Waals surface area contributed by atoms with Crippen LogP contribution in [0.5, 0.6) is 11.6 Å². The lowest BCUT2D eigenvalue weighted by atomic mass is 10.2. The molecule has 1 amide bonds. The summed E-state index contributed by atoms with van der Waals surface area (Å²) >= 11 is 0. The van der Waals surface area contributed by atoms with Gasteiger partial charge in [0.1, 0.15) is 16.5 Å². The highest BCUT2D eigenvalue weighted by molar-refractivity contribution is 7.89. The first kappa shape index (κ1) is 27.7. The van der Waals surface area contributed by atoms with Crippen LogP contribution in [0.1, 0.15) is 50.2 Å². The standard InChI is InChI=1S/C24H28FN5O6S/c1-6-15(4)28-37(34,35)21-13-19(30(32)33)11-12-20(21)36-24-16(5)22(23(31)26-14(2)3)27-29(24)18-9-7-17(25)8-10-18/h7-15,28H,6H2,1-5H3,(H,26,31). The number of nitro benzene ring substituents is 1. The summed E-state index contributed by atoms with van der Waals surface area (Å²) in [5.74, 6) is -1.22. The van der Waals surface area contributed by atoms with Gasteiger partial charge in [-0.15, -0.1) is 0 Å². The minimum Gasteiger partial charge on any atom is -0.437 e. The summed E-state index contributed by atoms with van der Waals surface area (Å²) in [6, 6.07) is 7.76. The van der Waals surface area contributed by atoms with Gasteiger partial charge in [0.05, 0.1) is 10.6 Å². The van der Waals surface area contributed by atoms with E-state index < -0.39 is 43.3 Å². The zero-order valence-corrected chi connectivity index (χ0v) is 21.8. The van der Waals surface area contributed by atoms with Crippen LogP contribution in [0.4, 0.5) is 10.1 Å². The molecule has 3 aromatic rings. The molecule has 2 N–H and O–H groups in total. The van der Waals surface area contributed by atoms with Gasteiger partial charge in [-0.05, 0) is 64.4 Å². The van der Waals surface area contributed by atoms with E-state index in [-0.39, 0.29) is 28.9 Å². The second-order valence-electron chi connectivity index (χ2n) is 8.72. The maximum absolute atomic E-state index is 13.6. The fourth-order valence-corrected chi connectivity index (χ4v) is 4.80. The van der Waals surface area contributed by atoms with Gasteiger partial charge in [0.25, 0.3) is 11.6 Å². The highest BCUT2D eigenvalue weighted by Crippen LogP contribution is 2.35. The Morgan fingerprint density at radius 2 is 1.84 bits per heavy atom. The van der Waals surface area contributed by atoms with Crippen molar-refractivity contribution < 1.29 is 27.3 Å². The van der Waals surface area contributed by atoms with Crippen molar-refractivity contribution in [3.05, 3.63) is 69.7 Å². The normalized spacial score (nSPS) is 12.4. The molecule has 198 valence electrons. The van der Waals surface area contributed by atoms with Crippen LogP contribution in [0.15, 0.2) is 47.4 Å². The summed E-state index contributed by atoms with van der Waals surface area (Å²) in [6.45, 7) is 8.56. The fourth-order valence-electron chi connectivity index (χ4n) is 3.32. The molecule has 0 saturated heterocycles. The van der Waals surface area contributed by atoms with Crippen LogP contribution in [0, 0.1) is 22.9 Å². The van der Waals surface area contributed by atoms with Crippen molar-refractivity contribution in [2.75, 3.05) is 0 Å². The number of amides is 1. The number of halogens is 1. The summed E-state index contributed by atoms with van der Waals surface area (Å²) in [7, 11) is -4.24. The van der Waals surface area contributed by atoms with Crippen LogP contribution >= 0.6 is 0 Å². The maximum Gasteiger partial charge on any atom is 0.272 e. The molecule has 0 spiro atoms. The van der Waals surface area contributed by atoms with Crippen LogP contribution in [-0.2, 0) is 10.0 Å². The van der Waals surface area contributed by atoms with Gasteiger partial charge in [0, 0.05) is 29.8 Å². The molecular weight excluding hydrogens is 505 g/mol. The smallest absolute Gasteiger partial charge is 0.272 e. The Morgan fingerprint density at radius 3 is 2.41 bits per heavy atom. The van der Waals surface area contributed by atoms with E-state index in [1.54, 1.807) is 34.6 Å². The number of benzene rings is 2. The number of aromatic nitrogens is 2. The first-order valence-corrected chi connectivity index (χ1v) is 13.0. The number of hydrogen-bond acceptors (Lipinski definition) is 7. The van der Waals surface area contributed by atoms with Gasteiger partial charge in [0.15, 0.2) is 5.69 Å². The fraction of sp³-hybridized carbons (Fsp3) is 0.333. The Morgan fingerprint density at radius 1 is 1.19 bits per heavy atom. The molecule has 13 heteroatoms. The molecular formula is C24H28FN5O6S. The van der Waals surface area contributed by atoms with Crippen LogP contribution in [0.2, 0.25) is 0 Å². The lowest BCUT2D eigenvalue weighted by Gasteiger charge is -2.16. The minimum atomic E-state index is -4.24. The number of nitro groups is 1. The Balaban J connectivity index is 2.20. The molecule has 0 saturated carbocycles. The van der Waals surface area contributed by atoms with E-state index in [4.69, 9.17) is 4.74 Å². The predicted octanol–water partition coefficient (Wildman–Crippen LogP) is 4.24. The third-order valence-electron chi connectivity index (χ3n) is 5.38. The van der Waals surface area contributed by atoms with Gasteiger partial charge in [-0.3, -0.25) is 14.9 Å². The Bertz CT molecular complexity index is 1420. The molecule has 0 fully saturated rings. The summed E-state index contributed by atoms with van der Waals surface area (Å²) in [5, 5.41) is 18.5. The number of carbonyl (C=O) groups excluding carboxylic acids is 1. The van der Waals surface area contributed by atoms with Crippen molar-refractivity contribution >= 4 is 21.6 Å². The highest BCUT2D eigenvalue weighted by Gasteiger charge is 2.28. The van der Waals surface area contributed by atoms with Crippen LogP contribution in [0.3, 0.4) is 0 Å². The molecule has 2 aromatic carbocycles. The quantitative estimate of drug-likeness (QED) is 0.293. The number of rotatable bonds is 10. The van der Waals surface area contributed by atoms with Crippen molar-refractivity contribution in [2.24, 2.45) is 0 Å². The molecule has 0 radical (unpaired) electrons. The lowest BCUT2D eigenvalue weighted by molar-refractivity contribution is -0.385. The number of nitrogens with zero attached hydrogens (tertiary/aromatic N) is 3. The molecule has 0 aliphatic rings. The molecule has 1 unspecified atom stereocenters. The molecule has 1 atom stereocenters. The van der Waals surface area contributed by atoms with Crippen molar-refractivity contribution in [1.82, 2.24) is 19.8 Å².